The molecule has 5 heteroatoms. The second-order valence-electron chi connectivity index (χ2n) is 4.20. The van der Waals surface area contributed by atoms with E-state index in [9.17, 15) is 15.2 Å². The van der Waals surface area contributed by atoms with Crippen molar-refractivity contribution < 1.29 is 10.0 Å². The third-order valence-corrected chi connectivity index (χ3v) is 2.46. The van der Waals surface area contributed by atoms with Gasteiger partial charge >= 0.3 is 0 Å². The van der Waals surface area contributed by atoms with E-state index in [1.54, 1.807) is 6.07 Å². The van der Waals surface area contributed by atoms with Gasteiger partial charge in [-0.3, -0.25) is 10.1 Å². The lowest BCUT2D eigenvalue weighted by atomic mass is 10.1. The van der Waals surface area contributed by atoms with Gasteiger partial charge in [0.05, 0.1) is 9.95 Å². The number of phenols is 1. The largest absolute Gasteiger partial charge is 0.506 e. The highest BCUT2D eigenvalue weighted by Crippen LogP contribution is 2.25. The molecule has 1 aromatic carbocycles. The number of rotatable bonds is 4. The zero-order chi connectivity index (χ0) is 13.0. The zero-order valence-electron chi connectivity index (χ0n) is 9.68. The van der Waals surface area contributed by atoms with Crippen LogP contribution in [0, 0.1) is 16.0 Å². The summed E-state index contributed by atoms with van der Waals surface area (Å²) < 4.78 is 0. The van der Waals surface area contributed by atoms with E-state index in [0.717, 1.165) is 0 Å². The maximum Gasteiger partial charge on any atom is 0.247 e. The number of aromatic hydroxyl groups is 1. The SMILES string of the molecule is CC(C)C/C(=C\c1ccc(O)c(Cl)c1)[N+](=O)[O-]. The standard InChI is InChI=1S/C12H14ClNO3/c1-8(2)5-10(14(16)17)6-9-3-4-12(15)11(13)7-9/h3-4,6-8,15H,5H2,1-2H3/b10-6+. The topological polar surface area (TPSA) is 63.4 Å². The first-order chi connectivity index (χ1) is 7.90. The van der Waals surface area contributed by atoms with E-state index in [1.165, 1.54) is 18.2 Å². The van der Waals surface area contributed by atoms with Gasteiger partial charge in [-0.05, 0) is 23.6 Å². The zero-order valence-corrected chi connectivity index (χ0v) is 10.4. The van der Waals surface area contributed by atoms with Crippen molar-refractivity contribution in [1.82, 2.24) is 0 Å². The number of nitro groups is 1. The Kier molecular flexibility index (Phi) is 4.52. The van der Waals surface area contributed by atoms with Crippen molar-refractivity contribution in [3.05, 3.63) is 44.6 Å². The molecule has 0 amide bonds. The van der Waals surface area contributed by atoms with Gasteiger partial charge in [0.15, 0.2) is 0 Å². The molecule has 0 fully saturated rings. The number of hydrogen-bond donors (Lipinski definition) is 1. The molecule has 0 aromatic heterocycles. The van der Waals surface area contributed by atoms with Crippen LogP contribution in [-0.2, 0) is 0 Å². The Balaban J connectivity index is 3.04. The maximum absolute atomic E-state index is 10.8. The second-order valence-corrected chi connectivity index (χ2v) is 4.61. The summed E-state index contributed by atoms with van der Waals surface area (Å²) in [6, 6.07) is 4.51. The van der Waals surface area contributed by atoms with Gasteiger partial charge in [0.1, 0.15) is 5.75 Å². The maximum atomic E-state index is 10.8. The summed E-state index contributed by atoms with van der Waals surface area (Å²) in [5.41, 5.74) is 0.752. The molecule has 1 rings (SSSR count). The van der Waals surface area contributed by atoms with Gasteiger partial charge in [-0.25, -0.2) is 0 Å². The van der Waals surface area contributed by atoms with Crippen LogP contribution in [0.1, 0.15) is 25.8 Å². The van der Waals surface area contributed by atoms with E-state index in [-0.39, 0.29) is 27.3 Å². The summed E-state index contributed by atoms with van der Waals surface area (Å²) in [5.74, 6) is 0.176. The van der Waals surface area contributed by atoms with Gasteiger partial charge in [0, 0.05) is 12.5 Å². The quantitative estimate of drug-likeness (QED) is 0.659. The van der Waals surface area contributed by atoms with Gasteiger partial charge in [0.25, 0.3) is 0 Å². The smallest absolute Gasteiger partial charge is 0.247 e. The molecule has 0 spiro atoms. The van der Waals surface area contributed by atoms with Crippen LogP contribution in [0.25, 0.3) is 6.08 Å². The summed E-state index contributed by atoms with van der Waals surface area (Å²) >= 11 is 5.73. The van der Waals surface area contributed by atoms with Crippen molar-refractivity contribution in [3.8, 4) is 5.75 Å². The van der Waals surface area contributed by atoms with Gasteiger partial charge < -0.3 is 5.11 Å². The number of nitrogens with zero attached hydrogens (tertiary/aromatic N) is 1. The second kappa shape index (κ2) is 5.68. The van der Waals surface area contributed by atoms with Crippen LogP contribution in [0.2, 0.25) is 5.02 Å². The predicted octanol–water partition coefficient (Wildman–Crippen LogP) is 3.71. The van der Waals surface area contributed by atoms with Crippen molar-refractivity contribution in [3.63, 3.8) is 0 Å². The molecule has 1 aromatic rings. The molecular formula is C12H14ClNO3. The number of halogens is 1. The van der Waals surface area contributed by atoms with E-state index in [0.29, 0.717) is 12.0 Å². The minimum Gasteiger partial charge on any atom is -0.506 e. The Labute approximate surface area is 105 Å². The van der Waals surface area contributed by atoms with Crippen LogP contribution in [0.5, 0.6) is 5.75 Å². The van der Waals surface area contributed by atoms with Gasteiger partial charge in [-0.2, -0.15) is 0 Å². The summed E-state index contributed by atoms with van der Waals surface area (Å²) in [7, 11) is 0. The lowest BCUT2D eigenvalue weighted by molar-refractivity contribution is -0.427. The van der Waals surface area contributed by atoms with Crippen LogP contribution in [0.3, 0.4) is 0 Å². The van der Waals surface area contributed by atoms with Gasteiger partial charge in [-0.15, -0.1) is 0 Å². The van der Waals surface area contributed by atoms with Crippen LogP contribution < -0.4 is 0 Å². The van der Waals surface area contributed by atoms with Crippen molar-refractivity contribution in [1.29, 1.82) is 0 Å². The van der Waals surface area contributed by atoms with E-state index < -0.39 is 0 Å². The molecule has 0 saturated heterocycles. The Hall–Kier alpha value is -1.55. The molecular weight excluding hydrogens is 242 g/mol. The first kappa shape index (κ1) is 13.5. The fraction of sp³-hybridized carbons (Fsp3) is 0.333. The highest BCUT2D eigenvalue weighted by atomic mass is 35.5. The molecule has 0 aliphatic carbocycles. The van der Waals surface area contributed by atoms with Crippen LogP contribution in [-0.4, -0.2) is 10.0 Å². The average Bonchev–Trinajstić information content (AvgIpc) is 2.21. The fourth-order valence-corrected chi connectivity index (χ4v) is 1.60. The molecule has 0 aliphatic rings. The molecule has 92 valence electrons. The number of allylic oxidation sites excluding steroid dienone is 1. The minimum atomic E-state index is -0.388. The van der Waals surface area contributed by atoms with Crippen LogP contribution in [0.15, 0.2) is 23.9 Å². The summed E-state index contributed by atoms with van der Waals surface area (Å²) in [4.78, 5) is 10.5. The molecule has 4 nitrogen and oxygen atoms in total. The third-order valence-electron chi connectivity index (χ3n) is 2.16. The van der Waals surface area contributed by atoms with Crippen molar-refractivity contribution in [2.45, 2.75) is 20.3 Å². The van der Waals surface area contributed by atoms with E-state index >= 15 is 0 Å². The van der Waals surface area contributed by atoms with E-state index in [4.69, 9.17) is 11.6 Å². The lowest BCUT2D eigenvalue weighted by Crippen LogP contribution is -2.02. The van der Waals surface area contributed by atoms with Crippen molar-refractivity contribution in [2.75, 3.05) is 0 Å². The summed E-state index contributed by atoms with van der Waals surface area (Å²) in [6.07, 6.45) is 1.87. The Bertz CT molecular complexity index is 455. The fourth-order valence-electron chi connectivity index (χ4n) is 1.41. The number of hydrogen-bond acceptors (Lipinski definition) is 3. The molecule has 17 heavy (non-hydrogen) atoms. The Morgan fingerprint density at radius 3 is 2.71 bits per heavy atom. The summed E-state index contributed by atoms with van der Waals surface area (Å²) in [6.45, 7) is 3.84. The van der Waals surface area contributed by atoms with Crippen LogP contribution >= 0.6 is 11.6 Å². The Morgan fingerprint density at radius 2 is 2.24 bits per heavy atom. The molecule has 0 saturated carbocycles. The first-order valence-corrected chi connectivity index (χ1v) is 5.61. The molecule has 0 radical (unpaired) electrons. The highest BCUT2D eigenvalue weighted by Gasteiger charge is 2.13. The normalized spacial score (nSPS) is 11.9. The molecule has 1 N–H and O–H groups in total. The third kappa shape index (κ3) is 4.07. The molecule has 0 atom stereocenters. The Morgan fingerprint density at radius 1 is 1.59 bits per heavy atom. The molecule has 0 heterocycles. The predicted molar refractivity (Wildman–Crippen MR) is 67.5 cm³/mol. The molecule has 0 bridgehead atoms. The van der Waals surface area contributed by atoms with E-state index in [2.05, 4.69) is 0 Å². The van der Waals surface area contributed by atoms with Crippen LogP contribution in [0.4, 0.5) is 0 Å². The molecule has 0 aliphatic heterocycles. The monoisotopic (exact) mass is 255 g/mol. The van der Waals surface area contributed by atoms with Crippen molar-refractivity contribution >= 4 is 17.7 Å². The minimum absolute atomic E-state index is 0.0321. The number of phenolic OH excluding ortho intramolecular Hbond substituents is 1. The lowest BCUT2D eigenvalue weighted by Gasteiger charge is -2.03. The summed E-state index contributed by atoms with van der Waals surface area (Å²) in [5, 5.41) is 20.3. The first-order valence-electron chi connectivity index (χ1n) is 5.23. The van der Waals surface area contributed by atoms with E-state index in [1.807, 2.05) is 13.8 Å². The number of benzene rings is 1. The van der Waals surface area contributed by atoms with Crippen molar-refractivity contribution in [2.24, 2.45) is 5.92 Å². The molecule has 0 unspecified atom stereocenters. The van der Waals surface area contributed by atoms with Gasteiger partial charge in [-0.1, -0.05) is 31.5 Å². The van der Waals surface area contributed by atoms with Gasteiger partial charge in [0.2, 0.25) is 5.70 Å². The average molecular weight is 256 g/mol. The highest BCUT2D eigenvalue weighted by molar-refractivity contribution is 6.32.